The lowest BCUT2D eigenvalue weighted by atomic mass is 9.60. The molecular formula is C23H41N5O. The van der Waals surface area contributed by atoms with Crippen LogP contribution in [0.3, 0.4) is 0 Å². The van der Waals surface area contributed by atoms with Crippen LogP contribution >= 0.6 is 0 Å². The summed E-state index contributed by atoms with van der Waals surface area (Å²) in [5, 5.41) is 0. The number of nitrogens with zero attached hydrogens (tertiary/aromatic N) is 5. The molecule has 29 heavy (non-hydrogen) atoms. The van der Waals surface area contributed by atoms with Crippen LogP contribution in [0.5, 0.6) is 0 Å². The van der Waals surface area contributed by atoms with Gasteiger partial charge in [0.2, 0.25) is 5.91 Å². The van der Waals surface area contributed by atoms with Crippen LogP contribution in [0.4, 0.5) is 5.69 Å². The molecule has 0 radical (unpaired) electrons. The van der Waals surface area contributed by atoms with Crippen LogP contribution < -0.4 is 4.90 Å². The van der Waals surface area contributed by atoms with Gasteiger partial charge in [0.05, 0.1) is 18.1 Å². The third kappa shape index (κ3) is 5.91. The molecule has 0 atom stereocenters. The average molecular weight is 404 g/mol. The molecule has 2 heterocycles. The lowest BCUT2D eigenvalue weighted by Crippen LogP contribution is -2.66. The van der Waals surface area contributed by atoms with Gasteiger partial charge in [0.1, 0.15) is 5.82 Å². The predicted octanol–water partition coefficient (Wildman–Crippen LogP) is 3.79. The first-order valence-electron chi connectivity index (χ1n) is 11.3. The Labute approximate surface area is 177 Å². The standard InChI is InChI=1S/C21H35N5O.C2H6/c1-16(2)20-22-12-19(13-23-20)25(5)9-7-6-8-24(4)18-10-21(11-18)14-26(15-21)17(3)27;1-2/h12-13,16,18H,6-11,14-15H2,1-5H3;1-2H3. The van der Waals surface area contributed by atoms with E-state index >= 15 is 0 Å². The van der Waals surface area contributed by atoms with Crippen molar-refractivity contribution in [2.45, 2.75) is 72.3 Å². The van der Waals surface area contributed by atoms with Crippen molar-refractivity contribution < 1.29 is 4.79 Å². The van der Waals surface area contributed by atoms with Crippen molar-refractivity contribution in [3.8, 4) is 0 Å². The minimum Gasteiger partial charge on any atom is -0.372 e. The van der Waals surface area contributed by atoms with E-state index in [1.165, 1.54) is 25.7 Å². The molecule has 0 unspecified atom stereocenters. The molecule has 0 bridgehead atoms. The average Bonchev–Trinajstić information content (AvgIpc) is 2.64. The van der Waals surface area contributed by atoms with E-state index in [-0.39, 0.29) is 5.91 Å². The summed E-state index contributed by atoms with van der Waals surface area (Å²) in [5.74, 6) is 1.51. The van der Waals surface area contributed by atoms with E-state index < -0.39 is 0 Å². The summed E-state index contributed by atoms with van der Waals surface area (Å²) in [6.07, 6.45) is 8.76. The summed E-state index contributed by atoms with van der Waals surface area (Å²) >= 11 is 0. The Morgan fingerprint density at radius 1 is 1.14 bits per heavy atom. The first kappa shape index (κ1) is 23.6. The van der Waals surface area contributed by atoms with Crippen LogP contribution in [0.25, 0.3) is 0 Å². The maximum Gasteiger partial charge on any atom is 0.219 e. The molecule has 2 aliphatic rings. The second-order valence-electron chi connectivity index (χ2n) is 9.00. The zero-order chi connectivity index (χ0) is 21.6. The first-order chi connectivity index (χ1) is 13.8. The second kappa shape index (κ2) is 10.4. The highest BCUT2D eigenvalue weighted by molar-refractivity contribution is 5.74. The molecule has 6 nitrogen and oxygen atoms in total. The Hall–Kier alpha value is -1.69. The molecule has 0 N–H and O–H groups in total. The third-order valence-corrected chi connectivity index (χ3v) is 6.33. The number of hydrogen-bond donors (Lipinski definition) is 0. The Kier molecular flexibility index (Phi) is 8.44. The highest BCUT2D eigenvalue weighted by atomic mass is 16.2. The number of carbonyl (C=O) groups excluding carboxylic acids is 1. The molecule has 2 fully saturated rings. The molecule has 1 spiro atoms. The van der Waals surface area contributed by atoms with Gasteiger partial charge in [-0.05, 0) is 39.3 Å². The summed E-state index contributed by atoms with van der Waals surface area (Å²) in [6.45, 7) is 14.0. The van der Waals surface area contributed by atoms with Crippen molar-refractivity contribution in [1.29, 1.82) is 0 Å². The van der Waals surface area contributed by atoms with Gasteiger partial charge in [0.25, 0.3) is 0 Å². The van der Waals surface area contributed by atoms with Gasteiger partial charge >= 0.3 is 0 Å². The van der Waals surface area contributed by atoms with Gasteiger partial charge in [-0.1, -0.05) is 27.7 Å². The molecule has 1 saturated heterocycles. The molecule has 1 aromatic rings. The van der Waals surface area contributed by atoms with E-state index in [1.807, 2.05) is 31.1 Å². The van der Waals surface area contributed by atoms with Crippen LogP contribution in [-0.4, -0.2) is 72.0 Å². The van der Waals surface area contributed by atoms with E-state index in [0.717, 1.165) is 37.7 Å². The van der Waals surface area contributed by atoms with Crippen LogP contribution in [0.15, 0.2) is 12.4 Å². The zero-order valence-electron chi connectivity index (χ0n) is 19.6. The molecule has 1 aliphatic heterocycles. The Bertz CT molecular complexity index is 631. The molecule has 1 aromatic heterocycles. The maximum absolute atomic E-state index is 11.4. The van der Waals surface area contributed by atoms with Crippen molar-refractivity contribution in [2.75, 3.05) is 45.2 Å². The maximum atomic E-state index is 11.4. The highest BCUT2D eigenvalue weighted by Crippen LogP contribution is 2.49. The summed E-state index contributed by atoms with van der Waals surface area (Å²) in [5.41, 5.74) is 1.54. The summed E-state index contributed by atoms with van der Waals surface area (Å²) in [4.78, 5) is 27.0. The number of aromatic nitrogens is 2. The van der Waals surface area contributed by atoms with Crippen molar-refractivity contribution in [2.24, 2.45) is 5.41 Å². The zero-order valence-corrected chi connectivity index (χ0v) is 19.6. The van der Waals surface area contributed by atoms with Gasteiger partial charge < -0.3 is 14.7 Å². The third-order valence-electron chi connectivity index (χ3n) is 6.33. The SMILES string of the molecule is CC.CC(=O)N1CC2(CC(N(C)CCCCN(C)c3cnc(C(C)C)nc3)C2)C1. The number of anilines is 1. The normalized spacial score (nSPS) is 17.6. The van der Waals surface area contributed by atoms with Gasteiger partial charge in [0, 0.05) is 51.0 Å². The quantitative estimate of drug-likeness (QED) is 0.618. The van der Waals surface area contributed by atoms with Gasteiger partial charge in [0.15, 0.2) is 0 Å². The van der Waals surface area contributed by atoms with E-state index in [4.69, 9.17) is 0 Å². The predicted molar refractivity (Wildman–Crippen MR) is 120 cm³/mol. The minimum absolute atomic E-state index is 0.228. The Morgan fingerprint density at radius 2 is 1.69 bits per heavy atom. The van der Waals surface area contributed by atoms with E-state index in [0.29, 0.717) is 17.4 Å². The smallest absolute Gasteiger partial charge is 0.219 e. The van der Waals surface area contributed by atoms with E-state index in [2.05, 4.69) is 47.7 Å². The number of unbranched alkanes of at least 4 members (excludes halogenated alkanes) is 1. The molecule has 0 aromatic carbocycles. The molecule has 3 rings (SSSR count). The summed E-state index contributed by atoms with van der Waals surface area (Å²) in [7, 11) is 4.37. The number of rotatable bonds is 8. The molecule has 164 valence electrons. The van der Waals surface area contributed by atoms with Gasteiger partial charge in [-0.15, -0.1) is 0 Å². The molecule has 1 amide bonds. The van der Waals surface area contributed by atoms with Gasteiger partial charge in [-0.25, -0.2) is 9.97 Å². The van der Waals surface area contributed by atoms with Crippen molar-refractivity contribution in [3.05, 3.63) is 18.2 Å². The topological polar surface area (TPSA) is 52.6 Å². The first-order valence-corrected chi connectivity index (χ1v) is 11.3. The summed E-state index contributed by atoms with van der Waals surface area (Å²) in [6, 6.07) is 0.703. The van der Waals surface area contributed by atoms with Crippen LogP contribution in [0.1, 0.15) is 72.0 Å². The monoisotopic (exact) mass is 403 g/mol. The summed E-state index contributed by atoms with van der Waals surface area (Å²) < 4.78 is 0. The fraction of sp³-hybridized carbons (Fsp3) is 0.783. The van der Waals surface area contributed by atoms with Crippen molar-refractivity contribution in [1.82, 2.24) is 19.8 Å². The number of carbonyl (C=O) groups is 1. The van der Waals surface area contributed by atoms with E-state index in [9.17, 15) is 4.79 Å². The fourth-order valence-electron chi connectivity index (χ4n) is 4.34. The van der Waals surface area contributed by atoms with Crippen molar-refractivity contribution in [3.63, 3.8) is 0 Å². The number of amides is 1. The molecule has 1 aliphatic carbocycles. The molecule has 1 saturated carbocycles. The van der Waals surface area contributed by atoms with Crippen LogP contribution in [-0.2, 0) is 4.79 Å². The lowest BCUT2D eigenvalue weighted by Gasteiger charge is -2.60. The lowest BCUT2D eigenvalue weighted by molar-refractivity contribution is -0.154. The second-order valence-corrected chi connectivity index (χ2v) is 9.00. The van der Waals surface area contributed by atoms with Crippen LogP contribution in [0, 0.1) is 5.41 Å². The largest absolute Gasteiger partial charge is 0.372 e. The number of hydrogen-bond acceptors (Lipinski definition) is 5. The van der Waals surface area contributed by atoms with Crippen LogP contribution in [0.2, 0.25) is 0 Å². The fourth-order valence-corrected chi connectivity index (χ4v) is 4.34. The molecular weight excluding hydrogens is 362 g/mol. The Balaban J connectivity index is 0.00000145. The van der Waals surface area contributed by atoms with E-state index in [1.54, 1.807) is 6.92 Å². The minimum atomic E-state index is 0.228. The molecule has 6 heteroatoms. The Morgan fingerprint density at radius 3 is 2.21 bits per heavy atom. The highest BCUT2D eigenvalue weighted by Gasteiger charge is 2.53. The van der Waals surface area contributed by atoms with Gasteiger partial charge in [-0.2, -0.15) is 0 Å². The van der Waals surface area contributed by atoms with Crippen molar-refractivity contribution >= 4 is 11.6 Å². The number of likely N-dealkylation sites (tertiary alicyclic amines) is 1. The van der Waals surface area contributed by atoms with Gasteiger partial charge in [-0.3, -0.25) is 4.79 Å².